The van der Waals surface area contributed by atoms with Crippen LogP contribution >= 0.6 is 27.3 Å². The third kappa shape index (κ3) is 3.27. The SMILES string of the molecule is CCC(C)(C)[C@@H]1CCc2c(sc3c2C(=O)N[C@H](c2cc(Br)ccc2O)N3)C1. The van der Waals surface area contributed by atoms with E-state index in [4.69, 9.17) is 0 Å². The van der Waals surface area contributed by atoms with Crippen molar-refractivity contribution in [2.75, 3.05) is 5.32 Å². The fourth-order valence-corrected chi connectivity index (χ4v) is 5.90. The van der Waals surface area contributed by atoms with Crippen LogP contribution in [0, 0.1) is 11.3 Å². The highest BCUT2D eigenvalue weighted by Gasteiger charge is 2.37. The maximum absolute atomic E-state index is 12.9. The molecule has 0 bridgehead atoms. The minimum Gasteiger partial charge on any atom is -0.508 e. The molecule has 2 aliphatic rings. The summed E-state index contributed by atoms with van der Waals surface area (Å²) in [7, 11) is 0. The normalized spacial score (nSPS) is 21.9. The van der Waals surface area contributed by atoms with Gasteiger partial charge >= 0.3 is 0 Å². The van der Waals surface area contributed by atoms with E-state index in [2.05, 4.69) is 47.3 Å². The van der Waals surface area contributed by atoms with Crippen molar-refractivity contribution < 1.29 is 9.90 Å². The summed E-state index contributed by atoms with van der Waals surface area (Å²) in [6, 6.07) is 5.26. The zero-order valence-electron chi connectivity index (χ0n) is 15.9. The summed E-state index contributed by atoms with van der Waals surface area (Å²) < 4.78 is 0.868. The summed E-state index contributed by atoms with van der Waals surface area (Å²) in [5, 5.41) is 17.6. The molecule has 0 saturated carbocycles. The van der Waals surface area contributed by atoms with E-state index in [9.17, 15) is 9.90 Å². The van der Waals surface area contributed by atoms with Gasteiger partial charge in [0.05, 0.1) is 5.56 Å². The molecule has 0 spiro atoms. The Morgan fingerprint density at radius 1 is 1.33 bits per heavy atom. The number of anilines is 1. The molecule has 1 aliphatic carbocycles. The number of carbonyl (C=O) groups is 1. The molecule has 1 aromatic carbocycles. The Labute approximate surface area is 172 Å². The molecule has 3 N–H and O–H groups in total. The summed E-state index contributed by atoms with van der Waals surface area (Å²) in [6.45, 7) is 6.97. The van der Waals surface area contributed by atoms with Crippen LogP contribution in [0.15, 0.2) is 22.7 Å². The maximum atomic E-state index is 12.9. The van der Waals surface area contributed by atoms with E-state index in [1.807, 2.05) is 6.07 Å². The molecule has 0 fully saturated rings. The second-order valence-electron chi connectivity index (χ2n) is 8.24. The van der Waals surface area contributed by atoms with Crippen LogP contribution in [0.2, 0.25) is 0 Å². The lowest BCUT2D eigenvalue weighted by Crippen LogP contribution is -2.38. The number of amides is 1. The molecule has 4 nitrogen and oxygen atoms in total. The van der Waals surface area contributed by atoms with Crippen LogP contribution in [-0.4, -0.2) is 11.0 Å². The van der Waals surface area contributed by atoms with Gasteiger partial charge in [0.25, 0.3) is 5.91 Å². The van der Waals surface area contributed by atoms with Gasteiger partial charge in [-0.05, 0) is 54.4 Å². The third-order valence-electron chi connectivity index (χ3n) is 6.36. The molecule has 4 rings (SSSR count). The summed E-state index contributed by atoms with van der Waals surface area (Å²) in [5.41, 5.74) is 3.02. The van der Waals surface area contributed by atoms with Gasteiger partial charge in [-0.3, -0.25) is 4.79 Å². The first-order valence-electron chi connectivity index (χ1n) is 9.50. The average Bonchev–Trinajstić information content (AvgIpc) is 3.01. The number of nitrogens with one attached hydrogen (secondary N) is 2. The largest absolute Gasteiger partial charge is 0.508 e. The molecule has 1 amide bonds. The number of carbonyl (C=O) groups excluding carboxylic acids is 1. The minimum atomic E-state index is -0.425. The number of rotatable bonds is 3. The second kappa shape index (κ2) is 6.82. The van der Waals surface area contributed by atoms with Crippen LogP contribution in [0.25, 0.3) is 0 Å². The highest BCUT2D eigenvalue weighted by Crippen LogP contribution is 2.47. The number of fused-ring (bicyclic) bond motifs is 3. The van der Waals surface area contributed by atoms with Gasteiger partial charge in [0.2, 0.25) is 0 Å². The van der Waals surface area contributed by atoms with Crippen molar-refractivity contribution in [3.05, 3.63) is 44.2 Å². The predicted octanol–water partition coefficient (Wildman–Crippen LogP) is 5.61. The smallest absolute Gasteiger partial charge is 0.256 e. The van der Waals surface area contributed by atoms with Gasteiger partial charge in [0.15, 0.2) is 0 Å². The summed E-state index contributed by atoms with van der Waals surface area (Å²) in [6.07, 6.45) is 3.90. The Hall–Kier alpha value is -1.53. The fourth-order valence-electron chi connectivity index (χ4n) is 4.17. The number of halogens is 1. The van der Waals surface area contributed by atoms with Crippen molar-refractivity contribution in [1.29, 1.82) is 0 Å². The van der Waals surface area contributed by atoms with Gasteiger partial charge < -0.3 is 15.7 Å². The van der Waals surface area contributed by atoms with E-state index in [1.54, 1.807) is 23.5 Å². The lowest BCUT2D eigenvalue weighted by Gasteiger charge is -2.36. The van der Waals surface area contributed by atoms with Crippen molar-refractivity contribution >= 4 is 38.2 Å². The van der Waals surface area contributed by atoms with Crippen molar-refractivity contribution in [2.45, 2.75) is 52.6 Å². The number of benzene rings is 1. The van der Waals surface area contributed by atoms with E-state index in [0.717, 1.165) is 34.3 Å². The van der Waals surface area contributed by atoms with Crippen molar-refractivity contribution in [3.8, 4) is 5.75 Å². The van der Waals surface area contributed by atoms with Crippen LogP contribution in [-0.2, 0) is 12.8 Å². The Balaban J connectivity index is 1.66. The fraction of sp³-hybridized carbons (Fsp3) is 0.476. The lowest BCUT2D eigenvalue weighted by molar-refractivity contribution is 0.0934. The van der Waals surface area contributed by atoms with Crippen LogP contribution < -0.4 is 10.6 Å². The molecular weight excluding hydrogens is 424 g/mol. The molecule has 0 unspecified atom stereocenters. The average molecular weight is 449 g/mol. The molecule has 2 heterocycles. The molecule has 6 heteroatoms. The zero-order chi connectivity index (χ0) is 19.3. The highest BCUT2D eigenvalue weighted by molar-refractivity contribution is 9.10. The van der Waals surface area contributed by atoms with Crippen LogP contribution in [0.3, 0.4) is 0 Å². The monoisotopic (exact) mass is 448 g/mol. The highest BCUT2D eigenvalue weighted by atomic mass is 79.9. The molecule has 2 aromatic rings. The van der Waals surface area contributed by atoms with Gasteiger partial charge in [-0.1, -0.05) is 43.1 Å². The first-order valence-corrected chi connectivity index (χ1v) is 11.1. The third-order valence-corrected chi connectivity index (χ3v) is 8.04. The molecule has 1 aliphatic heterocycles. The number of phenols is 1. The Kier molecular flexibility index (Phi) is 4.75. The van der Waals surface area contributed by atoms with Gasteiger partial charge in [-0.25, -0.2) is 0 Å². The standard InChI is InChI=1S/C21H25BrN2O2S/c1-4-21(2,3)11-5-7-13-16(9-11)27-20-17(13)19(26)23-18(24-20)14-10-12(22)6-8-15(14)25/h6,8,10-11,18,24-25H,4-5,7,9H2,1-3H3,(H,23,26)/t11-,18+/m1/s1. The topological polar surface area (TPSA) is 61.4 Å². The minimum absolute atomic E-state index is 0.0428. The molecule has 1 aromatic heterocycles. The first-order chi connectivity index (χ1) is 12.8. The van der Waals surface area contributed by atoms with Crippen molar-refractivity contribution in [2.24, 2.45) is 11.3 Å². The number of hydrogen-bond acceptors (Lipinski definition) is 4. The van der Waals surface area contributed by atoms with Crippen LogP contribution in [0.5, 0.6) is 5.75 Å². The Morgan fingerprint density at radius 3 is 2.85 bits per heavy atom. The number of aromatic hydroxyl groups is 1. The lowest BCUT2D eigenvalue weighted by atomic mass is 9.69. The molecule has 144 valence electrons. The van der Waals surface area contributed by atoms with Crippen LogP contribution in [0.1, 0.15) is 66.1 Å². The number of thiophene rings is 1. The van der Waals surface area contributed by atoms with E-state index < -0.39 is 6.17 Å². The quantitative estimate of drug-likeness (QED) is 0.571. The second-order valence-corrected chi connectivity index (χ2v) is 10.3. The van der Waals surface area contributed by atoms with E-state index in [-0.39, 0.29) is 11.7 Å². The zero-order valence-corrected chi connectivity index (χ0v) is 18.3. The molecule has 27 heavy (non-hydrogen) atoms. The molecule has 0 saturated heterocycles. The van der Waals surface area contributed by atoms with Crippen molar-refractivity contribution in [3.63, 3.8) is 0 Å². The van der Waals surface area contributed by atoms with E-state index in [1.165, 1.54) is 16.9 Å². The van der Waals surface area contributed by atoms with E-state index >= 15 is 0 Å². The molecule has 0 radical (unpaired) electrons. The molecular formula is C21H25BrN2O2S. The van der Waals surface area contributed by atoms with Gasteiger partial charge in [-0.15, -0.1) is 11.3 Å². The summed E-state index contributed by atoms with van der Waals surface area (Å²) in [5.74, 6) is 0.785. The van der Waals surface area contributed by atoms with Gasteiger partial charge in [-0.2, -0.15) is 0 Å². The van der Waals surface area contributed by atoms with Crippen molar-refractivity contribution in [1.82, 2.24) is 5.32 Å². The van der Waals surface area contributed by atoms with Gasteiger partial charge in [0.1, 0.15) is 16.9 Å². The molecule has 2 atom stereocenters. The number of phenolic OH excluding ortho intramolecular Hbond substituents is 1. The van der Waals surface area contributed by atoms with Crippen LogP contribution in [0.4, 0.5) is 5.00 Å². The van der Waals surface area contributed by atoms with E-state index in [0.29, 0.717) is 16.9 Å². The first kappa shape index (κ1) is 18.8. The maximum Gasteiger partial charge on any atom is 0.256 e. The summed E-state index contributed by atoms with van der Waals surface area (Å²) >= 11 is 5.15. The Bertz CT molecular complexity index is 906. The van der Waals surface area contributed by atoms with Gasteiger partial charge in [0, 0.05) is 14.9 Å². The number of hydrogen-bond donors (Lipinski definition) is 3. The Morgan fingerprint density at radius 2 is 2.11 bits per heavy atom. The summed E-state index contributed by atoms with van der Waals surface area (Å²) in [4.78, 5) is 14.2. The predicted molar refractivity (Wildman–Crippen MR) is 114 cm³/mol.